The van der Waals surface area contributed by atoms with E-state index in [-0.39, 0.29) is 11.9 Å². The van der Waals surface area contributed by atoms with Crippen molar-refractivity contribution in [2.24, 2.45) is 0 Å². The number of carbonyl (C=O) groups excluding carboxylic acids is 1. The van der Waals surface area contributed by atoms with Crippen LogP contribution in [0.2, 0.25) is 0 Å². The molecular formula is C24H27N7OS. The van der Waals surface area contributed by atoms with Crippen molar-refractivity contribution in [1.82, 2.24) is 24.8 Å². The van der Waals surface area contributed by atoms with Crippen molar-refractivity contribution in [2.75, 3.05) is 43.4 Å². The van der Waals surface area contributed by atoms with Crippen molar-refractivity contribution in [3.05, 3.63) is 47.2 Å². The summed E-state index contributed by atoms with van der Waals surface area (Å²) < 4.78 is 1.15. The van der Waals surface area contributed by atoms with Crippen LogP contribution in [0, 0.1) is 0 Å². The number of rotatable bonds is 5. The molecule has 1 fully saturated rings. The minimum absolute atomic E-state index is 0.206. The van der Waals surface area contributed by atoms with E-state index in [1.54, 1.807) is 17.7 Å². The molecule has 8 nitrogen and oxygen atoms in total. The fraction of sp³-hybridized carbons (Fsp3) is 0.417. The zero-order valence-electron chi connectivity index (χ0n) is 18.5. The first-order chi connectivity index (χ1) is 16.2. The Balaban J connectivity index is 1.12. The van der Waals surface area contributed by atoms with Gasteiger partial charge in [-0.1, -0.05) is 6.08 Å². The molecule has 0 bridgehead atoms. The van der Waals surface area contributed by atoms with Gasteiger partial charge in [0.2, 0.25) is 5.91 Å². The van der Waals surface area contributed by atoms with Gasteiger partial charge in [-0.05, 0) is 56.1 Å². The third-order valence-electron chi connectivity index (χ3n) is 6.86. The molecule has 3 aliphatic rings. The Morgan fingerprint density at radius 2 is 2.09 bits per heavy atom. The maximum Gasteiger partial charge on any atom is 0.237 e. The Kier molecular flexibility index (Phi) is 5.43. The number of fused-ring (bicyclic) bond motifs is 2. The van der Waals surface area contributed by atoms with Crippen LogP contribution in [-0.2, 0) is 11.2 Å². The molecule has 33 heavy (non-hydrogen) atoms. The summed E-state index contributed by atoms with van der Waals surface area (Å²) in [5.74, 6) is 1.99. The van der Waals surface area contributed by atoms with Crippen LogP contribution in [0.1, 0.15) is 24.8 Å². The number of carbonyl (C=O) groups is 1. The first-order valence-electron chi connectivity index (χ1n) is 11.6. The van der Waals surface area contributed by atoms with Crippen LogP contribution in [0.5, 0.6) is 0 Å². The molecule has 1 unspecified atom stereocenters. The normalized spacial score (nSPS) is 20.5. The molecule has 2 N–H and O–H groups in total. The highest BCUT2D eigenvalue weighted by Crippen LogP contribution is 2.34. The summed E-state index contributed by atoms with van der Waals surface area (Å²) in [6, 6.07) is 6.38. The van der Waals surface area contributed by atoms with E-state index in [9.17, 15) is 4.79 Å². The number of anilines is 3. The van der Waals surface area contributed by atoms with Gasteiger partial charge in [-0.25, -0.2) is 15.0 Å². The summed E-state index contributed by atoms with van der Waals surface area (Å²) in [7, 11) is 0. The van der Waals surface area contributed by atoms with Gasteiger partial charge in [-0.3, -0.25) is 9.69 Å². The number of likely N-dealkylation sites (tertiary alicyclic amines) is 1. The molecule has 1 saturated heterocycles. The van der Waals surface area contributed by atoms with Gasteiger partial charge < -0.3 is 15.5 Å². The summed E-state index contributed by atoms with van der Waals surface area (Å²) in [5.41, 5.74) is 6.35. The molecule has 1 amide bonds. The number of thiazole rings is 1. The average molecular weight is 462 g/mol. The van der Waals surface area contributed by atoms with Crippen molar-refractivity contribution >= 4 is 44.8 Å². The topological polar surface area (TPSA) is 86.3 Å². The van der Waals surface area contributed by atoms with Gasteiger partial charge in [-0.2, -0.15) is 0 Å². The maximum absolute atomic E-state index is 12.7. The number of aromatic nitrogens is 3. The second kappa shape index (κ2) is 8.72. The fourth-order valence-corrected chi connectivity index (χ4v) is 5.73. The zero-order chi connectivity index (χ0) is 22.2. The molecule has 170 valence electrons. The van der Waals surface area contributed by atoms with Crippen LogP contribution in [0.3, 0.4) is 0 Å². The van der Waals surface area contributed by atoms with E-state index < -0.39 is 0 Å². The van der Waals surface area contributed by atoms with Crippen molar-refractivity contribution in [3.8, 4) is 0 Å². The lowest BCUT2D eigenvalue weighted by Crippen LogP contribution is -2.42. The predicted octanol–water partition coefficient (Wildman–Crippen LogP) is 3.42. The van der Waals surface area contributed by atoms with Gasteiger partial charge in [0.05, 0.1) is 28.3 Å². The molecule has 1 aromatic carbocycles. The lowest BCUT2D eigenvalue weighted by molar-refractivity contribution is -0.131. The molecule has 1 atom stereocenters. The summed E-state index contributed by atoms with van der Waals surface area (Å²) >= 11 is 1.63. The second-order valence-electron chi connectivity index (χ2n) is 8.96. The van der Waals surface area contributed by atoms with Crippen LogP contribution in [-0.4, -0.2) is 69.4 Å². The molecule has 2 aromatic heterocycles. The molecule has 3 aliphatic heterocycles. The quantitative estimate of drug-likeness (QED) is 0.563. The SMILES string of the molecule is O=C(CN1CCCC1)N1CC=C(C2Cc3c(Nc4ccc5ncsc5c4)ncnc3N2)CC1. The van der Waals surface area contributed by atoms with Crippen LogP contribution < -0.4 is 10.6 Å². The Bertz CT molecular complexity index is 1220. The first-order valence-corrected chi connectivity index (χ1v) is 12.5. The minimum atomic E-state index is 0.206. The van der Waals surface area contributed by atoms with Gasteiger partial charge in [0, 0.05) is 30.8 Å². The predicted molar refractivity (Wildman–Crippen MR) is 131 cm³/mol. The number of hydrogen-bond donors (Lipinski definition) is 2. The first kappa shape index (κ1) is 20.6. The zero-order valence-corrected chi connectivity index (χ0v) is 19.3. The molecule has 6 rings (SSSR count). The molecule has 3 aromatic rings. The number of amides is 1. The van der Waals surface area contributed by atoms with Crippen LogP contribution in [0.25, 0.3) is 10.2 Å². The molecule has 0 radical (unpaired) electrons. The molecule has 0 spiro atoms. The summed E-state index contributed by atoms with van der Waals surface area (Å²) in [5, 5.41) is 7.06. The van der Waals surface area contributed by atoms with Crippen LogP contribution in [0.15, 0.2) is 41.7 Å². The van der Waals surface area contributed by atoms with E-state index in [0.717, 1.165) is 65.6 Å². The second-order valence-corrected chi connectivity index (χ2v) is 9.85. The number of benzene rings is 1. The third kappa shape index (κ3) is 4.18. The fourth-order valence-electron chi connectivity index (χ4n) is 5.01. The Morgan fingerprint density at radius 1 is 1.18 bits per heavy atom. The van der Waals surface area contributed by atoms with E-state index in [2.05, 4.69) is 42.6 Å². The van der Waals surface area contributed by atoms with E-state index >= 15 is 0 Å². The van der Waals surface area contributed by atoms with E-state index in [0.29, 0.717) is 13.1 Å². The van der Waals surface area contributed by atoms with E-state index in [1.807, 2.05) is 22.5 Å². The smallest absolute Gasteiger partial charge is 0.237 e. The van der Waals surface area contributed by atoms with Crippen molar-refractivity contribution in [1.29, 1.82) is 0 Å². The lowest BCUT2D eigenvalue weighted by atomic mass is 9.97. The van der Waals surface area contributed by atoms with E-state index in [1.165, 1.54) is 18.4 Å². The van der Waals surface area contributed by atoms with E-state index in [4.69, 9.17) is 0 Å². The summed E-state index contributed by atoms with van der Waals surface area (Å²) in [6.07, 6.45) is 8.00. The Morgan fingerprint density at radius 3 is 2.94 bits per heavy atom. The van der Waals surface area contributed by atoms with Gasteiger partial charge in [0.1, 0.15) is 18.0 Å². The largest absolute Gasteiger partial charge is 0.363 e. The molecule has 9 heteroatoms. The standard InChI is InChI=1S/C24H27N7OS/c32-22(13-30-7-1-2-8-30)31-9-5-16(6-10-31)20-12-18-23(25-14-26-24(18)29-20)28-17-3-4-19-21(11-17)33-15-27-19/h3-5,11,14-15,20H,1-2,6-10,12-13H2,(H2,25,26,28,29). The highest BCUT2D eigenvalue weighted by atomic mass is 32.1. The average Bonchev–Trinajstić information content (AvgIpc) is 3.60. The van der Waals surface area contributed by atoms with Crippen molar-refractivity contribution < 1.29 is 4.79 Å². The highest BCUT2D eigenvalue weighted by molar-refractivity contribution is 7.16. The number of nitrogens with one attached hydrogen (secondary N) is 2. The molecule has 0 saturated carbocycles. The summed E-state index contributed by atoms with van der Waals surface area (Å²) in [4.78, 5) is 30.3. The monoisotopic (exact) mass is 461 g/mol. The third-order valence-corrected chi connectivity index (χ3v) is 7.65. The maximum atomic E-state index is 12.7. The van der Waals surface area contributed by atoms with Crippen LogP contribution in [0.4, 0.5) is 17.3 Å². The minimum Gasteiger partial charge on any atom is -0.363 e. The van der Waals surface area contributed by atoms with Gasteiger partial charge in [0.15, 0.2) is 0 Å². The number of hydrogen-bond acceptors (Lipinski definition) is 8. The number of nitrogens with zero attached hydrogens (tertiary/aromatic N) is 5. The van der Waals surface area contributed by atoms with Gasteiger partial charge in [-0.15, -0.1) is 11.3 Å². The van der Waals surface area contributed by atoms with Gasteiger partial charge in [0.25, 0.3) is 0 Å². The Hall–Kier alpha value is -3.04. The molecule has 5 heterocycles. The van der Waals surface area contributed by atoms with Crippen molar-refractivity contribution in [2.45, 2.75) is 31.7 Å². The summed E-state index contributed by atoms with van der Waals surface area (Å²) in [6.45, 7) is 4.16. The highest BCUT2D eigenvalue weighted by Gasteiger charge is 2.30. The Labute approximate surface area is 196 Å². The lowest BCUT2D eigenvalue weighted by Gasteiger charge is -2.30. The van der Waals surface area contributed by atoms with Crippen LogP contribution >= 0.6 is 11.3 Å². The molecular weight excluding hydrogens is 434 g/mol. The molecule has 0 aliphatic carbocycles. The van der Waals surface area contributed by atoms with Gasteiger partial charge >= 0.3 is 0 Å². The van der Waals surface area contributed by atoms with Crippen molar-refractivity contribution in [3.63, 3.8) is 0 Å².